The summed E-state index contributed by atoms with van der Waals surface area (Å²) in [5, 5.41) is 10.1. The molecule has 6 heteroatoms. The van der Waals surface area contributed by atoms with E-state index in [1.165, 1.54) is 6.92 Å². The van der Waals surface area contributed by atoms with Gasteiger partial charge in [0.15, 0.2) is 0 Å². The van der Waals surface area contributed by atoms with Crippen LogP contribution in [0.2, 0.25) is 5.02 Å². The second-order valence-corrected chi connectivity index (χ2v) is 2.97. The fourth-order valence-corrected chi connectivity index (χ4v) is 1.43. The van der Waals surface area contributed by atoms with Crippen LogP contribution in [0.4, 0.5) is 14.5 Å². The summed E-state index contributed by atoms with van der Waals surface area (Å²) in [6.45, 7) is 1.53. The van der Waals surface area contributed by atoms with Gasteiger partial charge < -0.3 is 0 Å². The second kappa shape index (κ2) is 3.88. The third kappa shape index (κ3) is 1.68. The molecule has 0 N–H and O–H groups in total. The largest absolute Gasteiger partial charge is 0.309 e. The number of nitro benzene ring substituents is 1. The van der Waals surface area contributed by atoms with Crippen molar-refractivity contribution in [3.05, 3.63) is 38.4 Å². The maximum atomic E-state index is 13.0. The summed E-state index contributed by atoms with van der Waals surface area (Å²) in [6.07, 6.45) is 0.101. The van der Waals surface area contributed by atoms with Gasteiger partial charge in [0.1, 0.15) is 5.82 Å². The summed E-state index contributed by atoms with van der Waals surface area (Å²) in [7, 11) is 0. The van der Waals surface area contributed by atoms with Gasteiger partial charge in [-0.2, -0.15) is 4.39 Å². The van der Waals surface area contributed by atoms with E-state index in [-0.39, 0.29) is 17.0 Å². The Hall–Kier alpha value is -1.23. The summed E-state index contributed by atoms with van der Waals surface area (Å²) >= 11 is 5.47. The molecule has 0 fully saturated rings. The van der Waals surface area contributed by atoms with E-state index in [4.69, 9.17) is 11.6 Å². The third-order valence-corrected chi connectivity index (χ3v) is 2.18. The van der Waals surface area contributed by atoms with Gasteiger partial charge in [-0.1, -0.05) is 18.5 Å². The summed E-state index contributed by atoms with van der Waals surface area (Å²) in [4.78, 5) is 9.55. The van der Waals surface area contributed by atoms with Gasteiger partial charge in [-0.25, -0.2) is 4.39 Å². The highest BCUT2D eigenvalue weighted by atomic mass is 35.5. The van der Waals surface area contributed by atoms with Gasteiger partial charge in [-0.3, -0.25) is 10.1 Å². The van der Waals surface area contributed by atoms with Crippen molar-refractivity contribution >= 4 is 17.3 Å². The molecule has 76 valence electrons. The minimum atomic E-state index is -1.20. The molecule has 14 heavy (non-hydrogen) atoms. The fraction of sp³-hybridized carbons (Fsp3) is 0.250. The highest BCUT2D eigenvalue weighted by Gasteiger charge is 2.24. The van der Waals surface area contributed by atoms with Crippen molar-refractivity contribution in [3.8, 4) is 0 Å². The first-order valence-corrected chi connectivity index (χ1v) is 4.17. The van der Waals surface area contributed by atoms with Gasteiger partial charge in [-0.15, -0.1) is 0 Å². The number of nitro groups is 1. The minimum Gasteiger partial charge on any atom is -0.258 e. The van der Waals surface area contributed by atoms with Gasteiger partial charge in [0.2, 0.25) is 5.82 Å². The van der Waals surface area contributed by atoms with Crippen LogP contribution in [0.5, 0.6) is 0 Å². The zero-order valence-corrected chi connectivity index (χ0v) is 7.94. The van der Waals surface area contributed by atoms with Crippen LogP contribution >= 0.6 is 11.6 Å². The lowest BCUT2D eigenvalue weighted by atomic mass is 10.1. The SMILES string of the molecule is CCc1c(Cl)c(F)cc(F)c1[N+](=O)[O-]. The highest BCUT2D eigenvalue weighted by Crippen LogP contribution is 2.31. The van der Waals surface area contributed by atoms with Gasteiger partial charge in [0.25, 0.3) is 0 Å². The lowest BCUT2D eigenvalue weighted by molar-refractivity contribution is -0.388. The molecule has 0 aliphatic rings. The smallest absolute Gasteiger partial charge is 0.258 e. The van der Waals surface area contributed by atoms with Crippen molar-refractivity contribution in [1.82, 2.24) is 0 Å². The molecule has 1 rings (SSSR count). The first-order chi connectivity index (χ1) is 6.49. The van der Waals surface area contributed by atoms with Crippen LogP contribution in [0.15, 0.2) is 6.07 Å². The maximum Gasteiger partial charge on any atom is 0.309 e. The Morgan fingerprint density at radius 3 is 2.50 bits per heavy atom. The van der Waals surface area contributed by atoms with Crippen LogP contribution in [0.1, 0.15) is 12.5 Å². The Labute approximate surface area is 83.4 Å². The first kappa shape index (κ1) is 10.8. The Balaban J connectivity index is 3.55. The predicted octanol–water partition coefficient (Wildman–Crippen LogP) is 3.09. The van der Waals surface area contributed by atoms with Crippen LogP contribution in [-0.4, -0.2) is 4.92 Å². The van der Waals surface area contributed by atoms with Crippen molar-refractivity contribution in [2.24, 2.45) is 0 Å². The van der Waals surface area contributed by atoms with E-state index in [9.17, 15) is 18.9 Å². The Morgan fingerprint density at radius 2 is 2.07 bits per heavy atom. The normalized spacial score (nSPS) is 10.3. The minimum absolute atomic E-state index is 0.101. The monoisotopic (exact) mass is 221 g/mol. The molecule has 0 saturated heterocycles. The van der Waals surface area contributed by atoms with Crippen LogP contribution in [0, 0.1) is 21.7 Å². The molecule has 0 spiro atoms. The molecule has 0 heterocycles. The quantitative estimate of drug-likeness (QED) is 0.438. The van der Waals surface area contributed by atoms with Crippen molar-refractivity contribution in [2.75, 3.05) is 0 Å². The van der Waals surface area contributed by atoms with E-state index in [1.807, 2.05) is 0 Å². The molecule has 0 radical (unpaired) electrons. The van der Waals surface area contributed by atoms with Gasteiger partial charge in [-0.05, 0) is 6.42 Å². The molecule has 3 nitrogen and oxygen atoms in total. The summed E-state index contributed by atoms with van der Waals surface area (Å²) in [5.41, 5.74) is -0.868. The topological polar surface area (TPSA) is 43.1 Å². The zero-order chi connectivity index (χ0) is 10.9. The molecular weight excluding hydrogens is 216 g/mol. The van der Waals surface area contributed by atoms with E-state index in [0.717, 1.165) is 0 Å². The molecule has 0 aliphatic heterocycles. The van der Waals surface area contributed by atoms with Crippen molar-refractivity contribution in [3.63, 3.8) is 0 Å². The van der Waals surface area contributed by atoms with Crippen LogP contribution < -0.4 is 0 Å². The number of halogens is 3. The Bertz CT molecular complexity index is 395. The molecule has 0 saturated carbocycles. The van der Waals surface area contributed by atoms with Gasteiger partial charge in [0, 0.05) is 6.07 Å². The zero-order valence-electron chi connectivity index (χ0n) is 7.18. The molecule has 0 amide bonds. The molecule has 1 aromatic rings. The van der Waals surface area contributed by atoms with E-state index in [2.05, 4.69) is 0 Å². The Morgan fingerprint density at radius 1 is 1.50 bits per heavy atom. The van der Waals surface area contributed by atoms with E-state index >= 15 is 0 Å². The van der Waals surface area contributed by atoms with Crippen molar-refractivity contribution in [2.45, 2.75) is 13.3 Å². The molecule has 1 aromatic carbocycles. The molecular formula is C8H6ClF2NO2. The van der Waals surface area contributed by atoms with Crippen molar-refractivity contribution in [1.29, 1.82) is 0 Å². The highest BCUT2D eigenvalue weighted by molar-refractivity contribution is 6.31. The second-order valence-electron chi connectivity index (χ2n) is 2.59. The van der Waals surface area contributed by atoms with E-state index in [0.29, 0.717) is 6.07 Å². The number of hydrogen-bond acceptors (Lipinski definition) is 2. The number of nitrogens with zero attached hydrogens (tertiary/aromatic N) is 1. The summed E-state index contributed by atoms with van der Waals surface area (Å²) in [6, 6.07) is 0.416. The molecule has 0 aliphatic carbocycles. The average Bonchev–Trinajstić information content (AvgIpc) is 2.09. The first-order valence-electron chi connectivity index (χ1n) is 3.79. The molecule has 0 unspecified atom stereocenters. The van der Waals surface area contributed by atoms with E-state index < -0.39 is 22.2 Å². The van der Waals surface area contributed by atoms with Crippen LogP contribution in [-0.2, 0) is 6.42 Å². The van der Waals surface area contributed by atoms with Crippen LogP contribution in [0.3, 0.4) is 0 Å². The average molecular weight is 222 g/mol. The number of benzene rings is 1. The fourth-order valence-electron chi connectivity index (χ4n) is 1.16. The third-order valence-electron chi connectivity index (χ3n) is 1.78. The van der Waals surface area contributed by atoms with E-state index in [1.54, 1.807) is 0 Å². The Kier molecular flexibility index (Phi) is 3.00. The van der Waals surface area contributed by atoms with Gasteiger partial charge in [0.05, 0.1) is 15.5 Å². The molecule has 0 aromatic heterocycles. The predicted molar refractivity (Wildman–Crippen MR) is 47.4 cm³/mol. The molecule has 0 atom stereocenters. The summed E-state index contributed by atoms with van der Waals surface area (Å²) in [5.74, 6) is -2.18. The lowest BCUT2D eigenvalue weighted by Gasteiger charge is -2.04. The molecule has 0 bridgehead atoms. The number of hydrogen-bond donors (Lipinski definition) is 0. The van der Waals surface area contributed by atoms with Gasteiger partial charge >= 0.3 is 5.69 Å². The summed E-state index contributed by atoms with van der Waals surface area (Å²) < 4.78 is 25.9. The number of rotatable bonds is 2. The standard InChI is InChI=1S/C8H6ClF2NO2/c1-2-4-7(9)5(10)3-6(11)8(4)12(13)14/h3H,2H2,1H3. The van der Waals surface area contributed by atoms with Crippen LogP contribution in [0.25, 0.3) is 0 Å². The lowest BCUT2D eigenvalue weighted by Crippen LogP contribution is -2.00. The maximum absolute atomic E-state index is 13.0. The van der Waals surface area contributed by atoms with Crippen molar-refractivity contribution < 1.29 is 13.7 Å².